The highest BCUT2D eigenvalue weighted by molar-refractivity contribution is 6.36. The normalized spacial score (nSPS) is 13.6. The molecular weight excluding hydrogens is 492 g/mol. The van der Waals surface area contributed by atoms with Gasteiger partial charge in [0.25, 0.3) is 5.91 Å². The van der Waals surface area contributed by atoms with Crippen molar-refractivity contribution in [3.8, 4) is 11.3 Å². The maximum atomic E-state index is 13.2. The van der Waals surface area contributed by atoms with E-state index in [9.17, 15) is 14.0 Å². The molecule has 1 fully saturated rings. The fourth-order valence-corrected chi connectivity index (χ4v) is 4.39. The molecule has 0 aliphatic carbocycles. The Morgan fingerprint density at radius 3 is 2.29 bits per heavy atom. The number of rotatable bonds is 6. The molecule has 10 heteroatoms. The number of anilines is 1. The van der Waals surface area contributed by atoms with E-state index in [0.29, 0.717) is 59.8 Å². The quantitative estimate of drug-likeness (QED) is 0.486. The number of halogens is 3. The van der Waals surface area contributed by atoms with E-state index in [1.807, 2.05) is 19.1 Å². The molecule has 2 heterocycles. The van der Waals surface area contributed by atoms with Gasteiger partial charge in [0.1, 0.15) is 12.4 Å². The van der Waals surface area contributed by atoms with Crippen molar-refractivity contribution in [2.75, 3.05) is 44.2 Å². The molecule has 3 aromatic rings. The number of carbonyl (C=O) groups is 2. The lowest BCUT2D eigenvalue weighted by Crippen LogP contribution is -2.52. The highest BCUT2D eigenvalue weighted by atomic mass is 35.5. The van der Waals surface area contributed by atoms with Gasteiger partial charge in [-0.25, -0.2) is 4.39 Å². The van der Waals surface area contributed by atoms with E-state index in [1.54, 1.807) is 23.1 Å². The minimum absolute atomic E-state index is 0.0247. The molecule has 0 N–H and O–H groups in total. The Labute approximate surface area is 213 Å². The van der Waals surface area contributed by atoms with Crippen molar-refractivity contribution in [2.45, 2.75) is 6.92 Å². The van der Waals surface area contributed by atoms with Gasteiger partial charge in [-0.15, -0.1) is 10.2 Å². The van der Waals surface area contributed by atoms with Crippen LogP contribution >= 0.6 is 23.2 Å². The molecule has 0 atom stereocenters. The Hall–Kier alpha value is -3.23. The molecule has 1 aliphatic heterocycles. The van der Waals surface area contributed by atoms with Crippen molar-refractivity contribution >= 4 is 40.8 Å². The van der Waals surface area contributed by atoms with Crippen molar-refractivity contribution in [1.82, 2.24) is 20.0 Å². The third-order valence-electron chi connectivity index (χ3n) is 5.90. The Morgan fingerprint density at radius 2 is 1.69 bits per heavy atom. The third-order valence-corrected chi connectivity index (χ3v) is 6.45. The van der Waals surface area contributed by atoms with Gasteiger partial charge >= 0.3 is 0 Å². The van der Waals surface area contributed by atoms with E-state index in [1.165, 1.54) is 29.2 Å². The van der Waals surface area contributed by atoms with Crippen LogP contribution in [0.2, 0.25) is 10.0 Å². The van der Waals surface area contributed by atoms with Crippen molar-refractivity contribution in [1.29, 1.82) is 0 Å². The number of likely N-dealkylation sites (N-methyl/N-ethyl adjacent to an activating group) is 1. The van der Waals surface area contributed by atoms with Gasteiger partial charge < -0.3 is 14.7 Å². The predicted octanol–water partition coefficient (Wildman–Crippen LogP) is 4.40. The van der Waals surface area contributed by atoms with Crippen LogP contribution in [0.3, 0.4) is 0 Å². The molecule has 1 saturated heterocycles. The lowest BCUT2D eigenvalue weighted by atomic mass is 10.1. The van der Waals surface area contributed by atoms with E-state index in [2.05, 4.69) is 15.1 Å². The number of piperazine rings is 1. The maximum Gasteiger partial charge on any atom is 0.254 e. The Morgan fingerprint density at radius 1 is 0.971 bits per heavy atom. The van der Waals surface area contributed by atoms with Gasteiger partial charge in [0.15, 0.2) is 5.82 Å². The molecule has 1 aromatic heterocycles. The molecule has 35 heavy (non-hydrogen) atoms. The van der Waals surface area contributed by atoms with Gasteiger partial charge in [0.2, 0.25) is 5.91 Å². The highest BCUT2D eigenvalue weighted by Gasteiger charge is 2.25. The van der Waals surface area contributed by atoms with E-state index in [4.69, 9.17) is 23.2 Å². The maximum absolute atomic E-state index is 13.2. The number of hydrogen-bond acceptors (Lipinski definition) is 5. The molecule has 0 bridgehead atoms. The minimum Gasteiger partial charge on any atom is -0.352 e. The smallest absolute Gasteiger partial charge is 0.254 e. The van der Waals surface area contributed by atoms with Gasteiger partial charge in [-0.3, -0.25) is 9.59 Å². The predicted molar refractivity (Wildman–Crippen MR) is 134 cm³/mol. The average molecular weight is 516 g/mol. The second kappa shape index (κ2) is 11.0. The second-order valence-corrected chi connectivity index (χ2v) is 8.94. The van der Waals surface area contributed by atoms with Crippen molar-refractivity contribution in [2.24, 2.45) is 0 Å². The summed E-state index contributed by atoms with van der Waals surface area (Å²) < 4.78 is 13.2. The van der Waals surface area contributed by atoms with Crippen LogP contribution in [0.1, 0.15) is 17.3 Å². The summed E-state index contributed by atoms with van der Waals surface area (Å²) in [6.07, 6.45) is 0. The first-order valence-electron chi connectivity index (χ1n) is 11.2. The van der Waals surface area contributed by atoms with Crippen molar-refractivity contribution in [3.63, 3.8) is 0 Å². The minimum atomic E-state index is -0.411. The average Bonchev–Trinajstić information content (AvgIpc) is 2.87. The SMILES string of the molecule is CCN(CC(=O)N1CCN(c2ccc(-c3ccc(Cl)cc3Cl)nn2)CC1)C(=O)c1ccc(F)cc1. The molecular formula is C25H24Cl2FN5O2. The first kappa shape index (κ1) is 24.9. The molecule has 0 spiro atoms. The van der Waals surface area contributed by atoms with Crippen molar-refractivity contribution in [3.05, 3.63) is 76.0 Å². The van der Waals surface area contributed by atoms with E-state index in [0.717, 1.165) is 5.56 Å². The van der Waals surface area contributed by atoms with Crippen LogP contribution in [0.25, 0.3) is 11.3 Å². The van der Waals surface area contributed by atoms with Crippen LogP contribution in [0, 0.1) is 5.82 Å². The van der Waals surface area contributed by atoms with Crippen LogP contribution in [-0.4, -0.2) is 71.1 Å². The summed E-state index contributed by atoms with van der Waals surface area (Å²) in [4.78, 5) is 30.8. The van der Waals surface area contributed by atoms with Crippen LogP contribution in [0.15, 0.2) is 54.6 Å². The second-order valence-electron chi connectivity index (χ2n) is 8.09. The van der Waals surface area contributed by atoms with Crippen LogP contribution < -0.4 is 4.90 Å². The highest BCUT2D eigenvalue weighted by Crippen LogP contribution is 2.29. The van der Waals surface area contributed by atoms with E-state index in [-0.39, 0.29) is 18.4 Å². The Kier molecular flexibility index (Phi) is 7.83. The lowest BCUT2D eigenvalue weighted by molar-refractivity contribution is -0.132. The molecule has 0 unspecified atom stereocenters. The fourth-order valence-electron chi connectivity index (χ4n) is 3.89. The van der Waals surface area contributed by atoms with Crippen molar-refractivity contribution < 1.29 is 14.0 Å². The largest absolute Gasteiger partial charge is 0.352 e. The molecule has 0 saturated carbocycles. The number of benzene rings is 2. The molecule has 7 nitrogen and oxygen atoms in total. The summed E-state index contributed by atoms with van der Waals surface area (Å²) in [5, 5.41) is 9.70. The summed E-state index contributed by atoms with van der Waals surface area (Å²) in [6.45, 7) is 4.37. The Bertz CT molecular complexity index is 1200. The van der Waals surface area contributed by atoms with Crippen LogP contribution in [0.5, 0.6) is 0 Å². The van der Waals surface area contributed by atoms with Gasteiger partial charge in [-0.2, -0.15) is 0 Å². The topological polar surface area (TPSA) is 69.6 Å². The zero-order valence-electron chi connectivity index (χ0n) is 19.1. The Balaban J connectivity index is 1.33. The standard InChI is InChI=1S/C25H24Cl2FN5O2/c1-2-31(25(35)17-3-6-19(28)7-4-17)16-24(34)33-13-11-32(12-14-33)23-10-9-22(29-30-23)20-8-5-18(26)15-21(20)27/h3-10,15H,2,11-14,16H2,1H3. The summed E-state index contributed by atoms with van der Waals surface area (Å²) in [5.74, 6) is -0.115. The lowest BCUT2D eigenvalue weighted by Gasteiger charge is -2.36. The van der Waals surface area contributed by atoms with E-state index < -0.39 is 5.82 Å². The fraction of sp³-hybridized carbons (Fsp3) is 0.280. The molecule has 4 rings (SSSR count). The molecule has 1 aliphatic rings. The van der Waals surface area contributed by atoms with Gasteiger partial charge in [-0.1, -0.05) is 23.2 Å². The zero-order valence-corrected chi connectivity index (χ0v) is 20.6. The number of carbonyl (C=O) groups excluding carboxylic acids is 2. The first-order chi connectivity index (χ1) is 16.9. The number of aromatic nitrogens is 2. The molecule has 0 radical (unpaired) electrons. The first-order valence-corrected chi connectivity index (χ1v) is 12.0. The number of amides is 2. The van der Waals surface area contributed by atoms with Gasteiger partial charge in [-0.05, 0) is 61.5 Å². The number of nitrogens with zero attached hydrogens (tertiary/aromatic N) is 5. The van der Waals surface area contributed by atoms with Gasteiger partial charge in [0, 0.05) is 48.9 Å². The van der Waals surface area contributed by atoms with E-state index >= 15 is 0 Å². The monoisotopic (exact) mass is 515 g/mol. The van der Waals surface area contributed by atoms with Crippen LogP contribution in [-0.2, 0) is 4.79 Å². The zero-order chi connectivity index (χ0) is 24.9. The number of hydrogen-bond donors (Lipinski definition) is 0. The summed E-state index contributed by atoms with van der Waals surface area (Å²) in [7, 11) is 0. The third kappa shape index (κ3) is 5.89. The van der Waals surface area contributed by atoms with Gasteiger partial charge in [0.05, 0.1) is 10.7 Å². The molecule has 182 valence electrons. The molecule has 2 aromatic carbocycles. The van der Waals surface area contributed by atoms with Crippen LogP contribution in [0.4, 0.5) is 10.2 Å². The summed E-state index contributed by atoms with van der Waals surface area (Å²) in [6, 6.07) is 14.3. The molecule has 2 amide bonds. The summed E-state index contributed by atoms with van der Waals surface area (Å²) >= 11 is 12.2. The summed E-state index contributed by atoms with van der Waals surface area (Å²) in [5.41, 5.74) is 1.75.